The molecule has 0 amide bonds. The van der Waals surface area contributed by atoms with E-state index in [0.29, 0.717) is 5.69 Å². The zero-order valence-electron chi connectivity index (χ0n) is 9.27. The number of carbonyl (C=O) groups is 1. The van der Waals surface area contributed by atoms with Gasteiger partial charge in [-0.2, -0.15) is 0 Å². The summed E-state index contributed by atoms with van der Waals surface area (Å²) in [5, 5.41) is 12.0. The molecule has 0 radical (unpaired) electrons. The molecule has 0 aliphatic heterocycles. The van der Waals surface area contributed by atoms with Gasteiger partial charge in [-0.15, -0.1) is 6.42 Å². The van der Waals surface area contributed by atoms with E-state index in [1.54, 1.807) is 0 Å². The van der Waals surface area contributed by atoms with E-state index in [-0.39, 0.29) is 17.5 Å². The predicted octanol–water partition coefficient (Wildman–Crippen LogP) is 1.85. The maximum Gasteiger partial charge on any atom is 0.337 e. The molecule has 0 spiro atoms. The molecule has 4 heteroatoms. The molecule has 0 aromatic carbocycles. The molecular weight excluding hydrogens is 204 g/mol. The molecule has 0 saturated carbocycles. The van der Waals surface area contributed by atoms with E-state index >= 15 is 0 Å². The van der Waals surface area contributed by atoms with Crippen molar-refractivity contribution in [1.29, 1.82) is 0 Å². The summed E-state index contributed by atoms with van der Waals surface area (Å²) in [6.07, 6.45) is 8.28. The summed E-state index contributed by atoms with van der Waals surface area (Å²) in [6.45, 7) is 3.93. The first-order valence-corrected chi connectivity index (χ1v) is 4.96. The van der Waals surface area contributed by atoms with Gasteiger partial charge in [0.2, 0.25) is 0 Å². The Morgan fingerprint density at radius 1 is 1.62 bits per heavy atom. The molecular formula is C12H14N2O2. The summed E-state index contributed by atoms with van der Waals surface area (Å²) in [5.74, 6) is 1.80. The van der Waals surface area contributed by atoms with Gasteiger partial charge in [0.15, 0.2) is 0 Å². The average Bonchev–Trinajstić information content (AvgIpc) is 2.25. The third-order valence-corrected chi connectivity index (χ3v) is 2.21. The first-order valence-electron chi connectivity index (χ1n) is 4.96. The van der Waals surface area contributed by atoms with E-state index in [0.717, 1.165) is 0 Å². The molecule has 1 unspecified atom stereocenters. The van der Waals surface area contributed by atoms with Crippen molar-refractivity contribution in [1.82, 2.24) is 4.98 Å². The largest absolute Gasteiger partial charge is 0.478 e. The van der Waals surface area contributed by atoms with Crippen molar-refractivity contribution in [2.75, 3.05) is 5.32 Å². The first-order chi connectivity index (χ1) is 7.56. The van der Waals surface area contributed by atoms with Crippen LogP contribution < -0.4 is 5.32 Å². The fourth-order valence-electron chi connectivity index (χ4n) is 1.26. The molecule has 0 fully saturated rings. The number of hydrogen-bond acceptors (Lipinski definition) is 3. The topological polar surface area (TPSA) is 62.2 Å². The van der Waals surface area contributed by atoms with Gasteiger partial charge >= 0.3 is 5.97 Å². The third kappa shape index (κ3) is 2.74. The second kappa shape index (κ2) is 5.17. The number of aromatic carboxylic acids is 1. The van der Waals surface area contributed by atoms with Crippen molar-refractivity contribution in [3.63, 3.8) is 0 Å². The Hall–Kier alpha value is -2.02. The monoisotopic (exact) mass is 218 g/mol. The number of nitrogens with one attached hydrogen (secondary N) is 1. The highest BCUT2D eigenvalue weighted by Crippen LogP contribution is 2.16. The minimum atomic E-state index is -0.996. The smallest absolute Gasteiger partial charge is 0.337 e. The number of carboxylic acid groups (broad SMARTS) is 1. The highest BCUT2D eigenvalue weighted by molar-refractivity contribution is 5.93. The van der Waals surface area contributed by atoms with E-state index in [2.05, 4.69) is 16.2 Å². The minimum Gasteiger partial charge on any atom is -0.478 e. The Morgan fingerprint density at radius 3 is 2.81 bits per heavy atom. The van der Waals surface area contributed by atoms with Crippen LogP contribution in [-0.2, 0) is 0 Å². The quantitative estimate of drug-likeness (QED) is 0.757. The second-order valence-electron chi connectivity index (χ2n) is 3.76. The Morgan fingerprint density at radius 2 is 2.31 bits per heavy atom. The van der Waals surface area contributed by atoms with Crippen LogP contribution in [0.4, 0.5) is 5.69 Å². The SMILES string of the molecule is C#CC(Nc1cnccc1C(=O)O)C(C)C. The fraction of sp³-hybridized carbons (Fsp3) is 0.333. The Balaban J connectivity index is 2.97. The Kier molecular flexibility index (Phi) is 3.90. The summed E-state index contributed by atoms with van der Waals surface area (Å²) in [4.78, 5) is 14.8. The van der Waals surface area contributed by atoms with Gasteiger partial charge < -0.3 is 10.4 Å². The second-order valence-corrected chi connectivity index (χ2v) is 3.76. The van der Waals surface area contributed by atoms with E-state index in [9.17, 15) is 4.79 Å². The molecule has 0 bridgehead atoms. The molecule has 1 aromatic rings. The molecule has 1 aromatic heterocycles. The summed E-state index contributed by atoms with van der Waals surface area (Å²) in [7, 11) is 0. The van der Waals surface area contributed by atoms with Gasteiger partial charge in [0.05, 0.1) is 23.5 Å². The van der Waals surface area contributed by atoms with Crippen molar-refractivity contribution in [2.24, 2.45) is 5.92 Å². The lowest BCUT2D eigenvalue weighted by molar-refractivity contribution is 0.0697. The van der Waals surface area contributed by atoms with Crippen LogP contribution in [0.3, 0.4) is 0 Å². The Labute approximate surface area is 94.7 Å². The average molecular weight is 218 g/mol. The summed E-state index contributed by atoms with van der Waals surface area (Å²) in [6, 6.07) is 1.24. The van der Waals surface area contributed by atoms with Gasteiger partial charge in [0.1, 0.15) is 0 Å². The molecule has 0 aliphatic rings. The number of carboxylic acids is 1. The van der Waals surface area contributed by atoms with Gasteiger partial charge in [0.25, 0.3) is 0 Å². The van der Waals surface area contributed by atoms with Gasteiger partial charge in [-0.3, -0.25) is 4.98 Å². The fourth-order valence-corrected chi connectivity index (χ4v) is 1.26. The van der Waals surface area contributed by atoms with Crippen molar-refractivity contribution in [2.45, 2.75) is 19.9 Å². The van der Waals surface area contributed by atoms with Crippen molar-refractivity contribution < 1.29 is 9.90 Å². The van der Waals surface area contributed by atoms with E-state index in [4.69, 9.17) is 11.5 Å². The number of aromatic nitrogens is 1. The molecule has 0 aliphatic carbocycles. The lowest BCUT2D eigenvalue weighted by Gasteiger charge is -2.18. The van der Waals surface area contributed by atoms with E-state index < -0.39 is 5.97 Å². The summed E-state index contributed by atoms with van der Waals surface area (Å²) in [5.41, 5.74) is 0.627. The lowest BCUT2D eigenvalue weighted by atomic mass is 10.0. The normalized spacial score (nSPS) is 11.9. The molecule has 16 heavy (non-hydrogen) atoms. The molecule has 4 nitrogen and oxygen atoms in total. The first kappa shape index (κ1) is 12.1. The van der Waals surface area contributed by atoms with Crippen LogP contribution in [0.25, 0.3) is 0 Å². The Bertz CT molecular complexity index is 421. The van der Waals surface area contributed by atoms with Crippen molar-refractivity contribution in [3.8, 4) is 12.3 Å². The van der Waals surface area contributed by atoms with Crippen molar-refractivity contribution in [3.05, 3.63) is 24.0 Å². The van der Waals surface area contributed by atoms with Crippen LogP contribution in [0.15, 0.2) is 18.5 Å². The van der Waals surface area contributed by atoms with Crippen LogP contribution in [0, 0.1) is 18.3 Å². The number of rotatable bonds is 4. The van der Waals surface area contributed by atoms with Gasteiger partial charge in [-0.1, -0.05) is 19.8 Å². The summed E-state index contributed by atoms with van der Waals surface area (Å²) < 4.78 is 0. The highest BCUT2D eigenvalue weighted by atomic mass is 16.4. The zero-order chi connectivity index (χ0) is 12.1. The van der Waals surface area contributed by atoms with E-state index in [1.165, 1.54) is 18.5 Å². The van der Waals surface area contributed by atoms with Crippen LogP contribution in [0.2, 0.25) is 0 Å². The predicted molar refractivity (Wildman–Crippen MR) is 62.3 cm³/mol. The number of nitrogens with zero attached hydrogens (tertiary/aromatic N) is 1. The standard InChI is InChI=1S/C12H14N2O2/c1-4-10(8(2)3)14-11-7-13-6-5-9(11)12(15)16/h1,5-8,10,14H,2-3H3,(H,15,16). The molecule has 0 saturated heterocycles. The molecule has 1 rings (SSSR count). The van der Waals surface area contributed by atoms with Crippen LogP contribution >= 0.6 is 0 Å². The third-order valence-electron chi connectivity index (χ3n) is 2.21. The van der Waals surface area contributed by atoms with E-state index in [1.807, 2.05) is 13.8 Å². The maximum atomic E-state index is 10.9. The molecule has 84 valence electrons. The van der Waals surface area contributed by atoms with Crippen molar-refractivity contribution >= 4 is 11.7 Å². The van der Waals surface area contributed by atoms with Crippen LogP contribution in [0.5, 0.6) is 0 Å². The minimum absolute atomic E-state index is 0.177. The molecule has 2 N–H and O–H groups in total. The van der Waals surface area contributed by atoms with Gasteiger partial charge in [-0.25, -0.2) is 4.79 Å². The number of pyridine rings is 1. The molecule has 1 heterocycles. The van der Waals surface area contributed by atoms with Crippen LogP contribution in [0.1, 0.15) is 24.2 Å². The lowest BCUT2D eigenvalue weighted by Crippen LogP contribution is -2.24. The van der Waals surface area contributed by atoms with Crippen LogP contribution in [-0.4, -0.2) is 22.1 Å². The summed E-state index contributed by atoms with van der Waals surface area (Å²) >= 11 is 0. The molecule has 1 atom stereocenters. The van der Waals surface area contributed by atoms with Gasteiger partial charge in [0, 0.05) is 6.20 Å². The highest BCUT2D eigenvalue weighted by Gasteiger charge is 2.14. The zero-order valence-corrected chi connectivity index (χ0v) is 9.27. The maximum absolute atomic E-state index is 10.9. The number of hydrogen-bond donors (Lipinski definition) is 2. The number of terminal acetylenes is 1. The van der Waals surface area contributed by atoms with Gasteiger partial charge in [-0.05, 0) is 12.0 Å². The number of anilines is 1.